The van der Waals surface area contributed by atoms with Crippen LogP contribution < -0.4 is 10.1 Å². The van der Waals surface area contributed by atoms with Crippen LogP contribution >= 0.6 is 0 Å². The van der Waals surface area contributed by atoms with Crippen molar-refractivity contribution in [1.29, 1.82) is 0 Å². The zero-order valence-corrected chi connectivity index (χ0v) is 14.0. The third-order valence-electron chi connectivity index (χ3n) is 3.80. The van der Waals surface area contributed by atoms with Gasteiger partial charge in [0.05, 0.1) is 12.5 Å². The fourth-order valence-corrected chi connectivity index (χ4v) is 2.55. The van der Waals surface area contributed by atoms with E-state index in [9.17, 15) is 9.18 Å². The smallest absolute Gasteiger partial charge is 0.227 e. The minimum absolute atomic E-state index is 0.0600. The van der Waals surface area contributed by atoms with Gasteiger partial charge in [-0.15, -0.1) is 0 Å². The van der Waals surface area contributed by atoms with Crippen LogP contribution in [0.25, 0.3) is 0 Å². The van der Waals surface area contributed by atoms with E-state index in [1.807, 2.05) is 30.3 Å². The Kier molecular flexibility index (Phi) is 7.27. The van der Waals surface area contributed by atoms with E-state index in [0.29, 0.717) is 25.3 Å². The maximum absolute atomic E-state index is 12.8. The first kappa shape index (κ1) is 18.0. The first-order valence-electron chi connectivity index (χ1n) is 8.41. The molecular formula is C20H24FNO2. The predicted octanol–water partition coefficient (Wildman–Crippen LogP) is 4.29. The van der Waals surface area contributed by atoms with Crippen LogP contribution in [0.15, 0.2) is 54.6 Å². The minimum Gasteiger partial charge on any atom is -0.494 e. The number of hydrogen-bond acceptors (Lipinski definition) is 2. The molecule has 0 saturated heterocycles. The topological polar surface area (TPSA) is 38.3 Å². The Hall–Kier alpha value is -2.36. The summed E-state index contributed by atoms with van der Waals surface area (Å²) >= 11 is 0. The number of halogens is 1. The lowest BCUT2D eigenvalue weighted by atomic mass is 9.93. The summed E-state index contributed by atoms with van der Waals surface area (Å²) in [5, 5.41) is 2.98. The van der Waals surface area contributed by atoms with Gasteiger partial charge in [0, 0.05) is 6.54 Å². The van der Waals surface area contributed by atoms with Crippen molar-refractivity contribution < 1.29 is 13.9 Å². The molecule has 0 heterocycles. The van der Waals surface area contributed by atoms with E-state index < -0.39 is 0 Å². The van der Waals surface area contributed by atoms with E-state index in [2.05, 4.69) is 12.2 Å². The molecule has 4 heteroatoms. The SMILES string of the molecule is CCCC(C(=O)NCCCOc1ccc(F)cc1)c1ccccc1. The summed E-state index contributed by atoms with van der Waals surface area (Å²) in [7, 11) is 0. The molecule has 3 nitrogen and oxygen atoms in total. The highest BCUT2D eigenvalue weighted by molar-refractivity contribution is 5.83. The van der Waals surface area contributed by atoms with E-state index in [0.717, 1.165) is 18.4 Å². The van der Waals surface area contributed by atoms with Crippen molar-refractivity contribution >= 4 is 5.91 Å². The Morgan fingerprint density at radius 3 is 2.50 bits per heavy atom. The summed E-state index contributed by atoms with van der Waals surface area (Å²) in [5.41, 5.74) is 1.06. The van der Waals surface area contributed by atoms with Gasteiger partial charge in [-0.05, 0) is 42.7 Å². The molecule has 0 fully saturated rings. The van der Waals surface area contributed by atoms with E-state index in [4.69, 9.17) is 4.74 Å². The maximum Gasteiger partial charge on any atom is 0.227 e. The number of nitrogens with one attached hydrogen (secondary N) is 1. The average molecular weight is 329 g/mol. The molecule has 0 aliphatic carbocycles. The van der Waals surface area contributed by atoms with Gasteiger partial charge < -0.3 is 10.1 Å². The molecule has 2 rings (SSSR count). The highest BCUT2D eigenvalue weighted by atomic mass is 19.1. The van der Waals surface area contributed by atoms with Gasteiger partial charge in [0.25, 0.3) is 0 Å². The molecule has 24 heavy (non-hydrogen) atoms. The van der Waals surface area contributed by atoms with E-state index in [-0.39, 0.29) is 17.6 Å². The van der Waals surface area contributed by atoms with Gasteiger partial charge in [-0.25, -0.2) is 4.39 Å². The van der Waals surface area contributed by atoms with Crippen LogP contribution in [0, 0.1) is 5.82 Å². The monoisotopic (exact) mass is 329 g/mol. The number of carbonyl (C=O) groups excluding carboxylic acids is 1. The van der Waals surface area contributed by atoms with E-state index in [1.165, 1.54) is 12.1 Å². The number of benzene rings is 2. The van der Waals surface area contributed by atoms with Gasteiger partial charge in [0.15, 0.2) is 0 Å². The Balaban J connectivity index is 1.74. The minimum atomic E-state index is -0.280. The molecule has 0 radical (unpaired) electrons. The molecule has 0 saturated carbocycles. The maximum atomic E-state index is 12.8. The first-order chi connectivity index (χ1) is 11.7. The van der Waals surface area contributed by atoms with Crippen molar-refractivity contribution in [2.75, 3.05) is 13.2 Å². The molecule has 0 aliphatic rings. The fraction of sp³-hybridized carbons (Fsp3) is 0.350. The quantitative estimate of drug-likeness (QED) is 0.697. The molecule has 0 spiro atoms. The Morgan fingerprint density at radius 1 is 1.12 bits per heavy atom. The molecule has 128 valence electrons. The van der Waals surface area contributed by atoms with Crippen LogP contribution in [0.1, 0.15) is 37.7 Å². The normalized spacial score (nSPS) is 11.8. The second kappa shape index (κ2) is 9.71. The molecule has 1 amide bonds. The van der Waals surface area contributed by atoms with Gasteiger partial charge in [0.2, 0.25) is 5.91 Å². The summed E-state index contributed by atoms with van der Waals surface area (Å²) in [6.45, 7) is 3.13. The van der Waals surface area contributed by atoms with Crippen LogP contribution in [0.2, 0.25) is 0 Å². The molecule has 0 aromatic heterocycles. The molecule has 0 bridgehead atoms. The van der Waals surface area contributed by atoms with Gasteiger partial charge in [0.1, 0.15) is 11.6 Å². The van der Waals surface area contributed by atoms with Crippen LogP contribution in [-0.4, -0.2) is 19.1 Å². The molecule has 2 aromatic rings. The lowest BCUT2D eigenvalue weighted by Crippen LogP contribution is -2.30. The third kappa shape index (κ3) is 5.69. The van der Waals surface area contributed by atoms with E-state index in [1.54, 1.807) is 12.1 Å². The molecular weight excluding hydrogens is 305 g/mol. The van der Waals surface area contributed by atoms with Gasteiger partial charge >= 0.3 is 0 Å². The lowest BCUT2D eigenvalue weighted by Gasteiger charge is -2.16. The van der Waals surface area contributed by atoms with E-state index >= 15 is 0 Å². The van der Waals surface area contributed by atoms with Crippen LogP contribution in [0.5, 0.6) is 5.75 Å². The van der Waals surface area contributed by atoms with Crippen molar-refractivity contribution in [3.05, 3.63) is 66.0 Å². The molecule has 1 unspecified atom stereocenters. The lowest BCUT2D eigenvalue weighted by molar-refractivity contribution is -0.122. The Labute approximate surface area is 142 Å². The molecule has 2 aromatic carbocycles. The standard InChI is InChI=1S/C20H24FNO2/c1-2-7-19(16-8-4-3-5-9-16)20(23)22-14-6-15-24-18-12-10-17(21)11-13-18/h3-5,8-13,19H,2,6-7,14-15H2,1H3,(H,22,23). The van der Waals surface area contributed by atoms with Crippen molar-refractivity contribution in [2.24, 2.45) is 0 Å². The van der Waals surface area contributed by atoms with Gasteiger partial charge in [-0.2, -0.15) is 0 Å². The number of rotatable bonds is 9. The second-order valence-electron chi connectivity index (χ2n) is 5.70. The Morgan fingerprint density at radius 2 is 1.83 bits per heavy atom. The summed E-state index contributed by atoms with van der Waals surface area (Å²) < 4.78 is 18.3. The largest absolute Gasteiger partial charge is 0.494 e. The highest BCUT2D eigenvalue weighted by Crippen LogP contribution is 2.21. The summed E-state index contributed by atoms with van der Waals surface area (Å²) in [6, 6.07) is 15.8. The second-order valence-corrected chi connectivity index (χ2v) is 5.70. The van der Waals surface area contributed by atoms with Crippen molar-refractivity contribution in [2.45, 2.75) is 32.1 Å². The van der Waals surface area contributed by atoms with Crippen LogP contribution in [-0.2, 0) is 4.79 Å². The van der Waals surface area contributed by atoms with Crippen molar-refractivity contribution in [3.63, 3.8) is 0 Å². The predicted molar refractivity (Wildman–Crippen MR) is 93.6 cm³/mol. The average Bonchev–Trinajstić information content (AvgIpc) is 2.61. The molecule has 1 atom stereocenters. The Bertz CT molecular complexity index is 613. The number of hydrogen-bond donors (Lipinski definition) is 1. The van der Waals surface area contributed by atoms with Crippen molar-refractivity contribution in [3.8, 4) is 5.75 Å². The number of ether oxygens (including phenoxy) is 1. The molecule has 0 aliphatic heterocycles. The highest BCUT2D eigenvalue weighted by Gasteiger charge is 2.18. The summed E-state index contributed by atoms with van der Waals surface area (Å²) in [6.07, 6.45) is 2.50. The summed E-state index contributed by atoms with van der Waals surface area (Å²) in [5.74, 6) is 0.312. The first-order valence-corrected chi connectivity index (χ1v) is 8.41. The molecule has 1 N–H and O–H groups in total. The zero-order valence-electron chi connectivity index (χ0n) is 14.0. The van der Waals surface area contributed by atoms with Crippen LogP contribution in [0.4, 0.5) is 4.39 Å². The van der Waals surface area contributed by atoms with Gasteiger partial charge in [-0.1, -0.05) is 43.7 Å². The van der Waals surface area contributed by atoms with Crippen molar-refractivity contribution in [1.82, 2.24) is 5.32 Å². The zero-order chi connectivity index (χ0) is 17.2. The number of amides is 1. The van der Waals surface area contributed by atoms with Gasteiger partial charge in [-0.3, -0.25) is 4.79 Å². The third-order valence-corrected chi connectivity index (χ3v) is 3.80. The van der Waals surface area contributed by atoms with Crippen LogP contribution in [0.3, 0.4) is 0 Å². The fourth-order valence-electron chi connectivity index (χ4n) is 2.55. The number of carbonyl (C=O) groups is 1. The summed E-state index contributed by atoms with van der Waals surface area (Å²) in [4.78, 5) is 12.4.